The third kappa shape index (κ3) is 6.03. The fraction of sp³-hybridized carbons (Fsp3) is 0.391. The number of nitrogens with one attached hydrogen (secondary N) is 1. The summed E-state index contributed by atoms with van der Waals surface area (Å²) in [5.74, 6) is 2.40. The van der Waals surface area contributed by atoms with E-state index in [1.54, 1.807) is 35.3 Å². The van der Waals surface area contributed by atoms with Crippen molar-refractivity contribution < 1.29 is 9.59 Å². The average Bonchev–Trinajstić information content (AvgIpc) is 3.20. The minimum Gasteiger partial charge on any atom is -0.349 e. The molecule has 1 saturated heterocycles. The summed E-state index contributed by atoms with van der Waals surface area (Å²) in [6.07, 6.45) is 15.3. The molecular weight excluding hydrogens is 392 g/mol. The number of amides is 2. The lowest BCUT2D eigenvalue weighted by Crippen LogP contribution is -2.46. The number of carbonyl (C=O) groups excluding carboxylic acids is 2. The summed E-state index contributed by atoms with van der Waals surface area (Å²) in [5, 5.41) is 7.26. The maximum Gasteiger partial charge on any atom is 0.253 e. The van der Waals surface area contributed by atoms with Gasteiger partial charge in [0.25, 0.3) is 5.91 Å². The molecule has 162 valence electrons. The third-order valence-corrected chi connectivity index (χ3v) is 5.21. The molecule has 2 aromatic rings. The molecular formula is C23H28N6O2. The highest BCUT2D eigenvalue weighted by atomic mass is 16.2. The Morgan fingerprint density at radius 1 is 1.39 bits per heavy atom. The second-order valence-electron chi connectivity index (χ2n) is 7.68. The van der Waals surface area contributed by atoms with Crippen LogP contribution in [0.3, 0.4) is 0 Å². The molecule has 2 aromatic heterocycles. The molecule has 8 heteroatoms. The molecule has 0 saturated carbocycles. The van der Waals surface area contributed by atoms with Gasteiger partial charge in [0, 0.05) is 56.8 Å². The first kappa shape index (κ1) is 22.2. The van der Waals surface area contributed by atoms with Crippen molar-refractivity contribution in [2.45, 2.75) is 18.9 Å². The molecule has 3 heterocycles. The maximum absolute atomic E-state index is 12.9. The molecule has 0 atom stereocenters. The summed E-state index contributed by atoms with van der Waals surface area (Å²) in [6.45, 7) is 2.39. The molecule has 0 bridgehead atoms. The molecule has 0 radical (unpaired) electrons. The van der Waals surface area contributed by atoms with Crippen LogP contribution in [-0.2, 0) is 11.8 Å². The number of hydrogen-bond donors (Lipinski definition) is 1. The summed E-state index contributed by atoms with van der Waals surface area (Å²) in [6, 6.07) is 3.54. The Morgan fingerprint density at radius 3 is 2.84 bits per heavy atom. The first-order valence-corrected chi connectivity index (χ1v) is 10.3. The van der Waals surface area contributed by atoms with E-state index in [0.717, 1.165) is 5.56 Å². The number of carbonyl (C=O) groups is 2. The van der Waals surface area contributed by atoms with Crippen LogP contribution in [0.4, 0.5) is 0 Å². The number of terminal acetylenes is 1. The Kier molecular flexibility index (Phi) is 7.57. The highest BCUT2D eigenvalue weighted by Gasteiger charge is 2.24. The molecule has 1 fully saturated rings. The predicted molar refractivity (Wildman–Crippen MR) is 119 cm³/mol. The molecule has 0 aromatic carbocycles. The molecule has 2 amide bonds. The zero-order chi connectivity index (χ0) is 22.2. The number of likely N-dealkylation sites (tertiary alicyclic amines) is 1. The van der Waals surface area contributed by atoms with Crippen LogP contribution in [0.15, 0.2) is 42.9 Å². The number of hydrogen-bond acceptors (Lipinski definition) is 5. The van der Waals surface area contributed by atoms with E-state index in [1.807, 2.05) is 36.2 Å². The highest BCUT2D eigenvalue weighted by Crippen LogP contribution is 2.21. The van der Waals surface area contributed by atoms with Crippen LogP contribution in [0.1, 0.15) is 23.2 Å². The van der Waals surface area contributed by atoms with Crippen molar-refractivity contribution >= 4 is 11.8 Å². The molecule has 31 heavy (non-hydrogen) atoms. The second kappa shape index (κ2) is 10.5. The Balaban J connectivity index is 1.53. The van der Waals surface area contributed by atoms with E-state index in [0.29, 0.717) is 50.3 Å². The lowest BCUT2D eigenvalue weighted by molar-refractivity contribution is -0.127. The minimum absolute atomic E-state index is 0.00925. The van der Waals surface area contributed by atoms with Gasteiger partial charge in [0.2, 0.25) is 5.91 Å². The Morgan fingerprint density at radius 2 is 2.16 bits per heavy atom. The van der Waals surface area contributed by atoms with Crippen molar-refractivity contribution in [3.8, 4) is 23.6 Å². The molecule has 1 aliphatic heterocycles. The lowest BCUT2D eigenvalue weighted by atomic mass is 10.0. The van der Waals surface area contributed by atoms with Crippen molar-refractivity contribution in [2.75, 3.05) is 33.2 Å². The van der Waals surface area contributed by atoms with Crippen LogP contribution in [0.2, 0.25) is 0 Å². The third-order valence-electron chi connectivity index (χ3n) is 5.21. The largest absolute Gasteiger partial charge is 0.349 e. The number of pyridine rings is 1. The van der Waals surface area contributed by atoms with Gasteiger partial charge in [-0.3, -0.25) is 24.2 Å². The van der Waals surface area contributed by atoms with Gasteiger partial charge in [-0.1, -0.05) is 12.0 Å². The maximum atomic E-state index is 12.9. The van der Waals surface area contributed by atoms with Gasteiger partial charge in [0.1, 0.15) is 0 Å². The van der Waals surface area contributed by atoms with Crippen LogP contribution < -0.4 is 5.32 Å². The molecule has 0 spiro atoms. The number of rotatable bonds is 7. The van der Waals surface area contributed by atoms with E-state index in [2.05, 4.69) is 21.3 Å². The fourth-order valence-corrected chi connectivity index (χ4v) is 3.53. The van der Waals surface area contributed by atoms with Crippen molar-refractivity contribution in [2.24, 2.45) is 7.05 Å². The molecule has 0 aliphatic carbocycles. The highest BCUT2D eigenvalue weighted by molar-refractivity contribution is 6.00. The van der Waals surface area contributed by atoms with E-state index in [9.17, 15) is 9.59 Å². The number of nitrogens with zero attached hydrogens (tertiary/aromatic N) is 5. The summed E-state index contributed by atoms with van der Waals surface area (Å²) in [4.78, 5) is 33.4. The monoisotopic (exact) mass is 420 g/mol. The van der Waals surface area contributed by atoms with Gasteiger partial charge in [0.05, 0.1) is 24.0 Å². The normalized spacial score (nSPS) is 14.7. The Labute approximate surface area is 182 Å². The summed E-state index contributed by atoms with van der Waals surface area (Å²) in [7, 11) is 3.73. The van der Waals surface area contributed by atoms with Gasteiger partial charge >= 0.3 is 0 Å². The lowest BCUT2D eigenvalue weighted by Gasteiger charge is -2.32. The number of aryl methyl sites for hydroxylation is 1. The van der Waals surface area contributed by atoms with Gasteiger partial charge in [-0.25, -0.2) is 0 Å². The van der Waals surface area contributed by atoms with Crippen molar-refractivity contribution in [3.05, 3.63) is 48.4 Å². The van der Waals surface area contributed by atoms with E-state index in [4.69, 9.17) is 6.42 Å². The van der Waals surface area contributed by atoms with Crippen LogP contribution in [0.25, 0.3) is 11.3 Å². The molecule has 0 unspecified atom stereocenters. The van der Waals surface area contributed by atoms with Gasteiger partial charge < -0.3 is 10.2 Å². The van der Waals surface area contributed by atoms with Gasteiger partial charge in [-0.05, 0) is 32.0 Å². The molecule has 3 rings (SSSR count). The second-order valence-corrected chi connectivity index (χ2v) is 7.68. The first-order valence-electron chi connectivity index (χ1n) is 10.3. The fourth-order valence-electron chi connectivity index (χ4n) is 3.53. The topological polar surface area (TPSA) is 83.4 Å². The van der Waals surface area contributed by atoms with Gasteiger partial charge in [-0.15, -0.1) is 6.42 Å². The van der Waals surface area contributed by atoms with E-state index in [-0.39, 0.29) is 17.9 Å². The van der Waals surface area contributed by atoms with Gasteiger partial charge in [-0.2, -0.15) is 5.10 Å². The average molecular weight is 421 g/mol. The minimum atomic E-state index is -0.159. The van der Waals surface area contributed by atoms with Crippen LogP contribution in [0, 0.1) is 12.3 Å². The zero-order valence-electron chi connectivity index (χ0n) is 18.0. The standard InChI is InChI=1S/C23H28N6O2/c1-4-12-27(2)13-6-8-21(30)29-14-9-19(10-15-29)26-23(31)20-7-5-11-24-22(20)18-16-25-28(3)17-18/h1,5-8,11,16-17,19H,9-10,12-15H2,2-3H3,(H,26,31)/b8-6+. The SMILES string of the molecule is C#CCN(C)C/C=C/C(=O)N1CCC(NC(=O)c2cccnc2-c2cnn(C)c2)CC1. The van der Waals surface area contributed by atoms with E-state index < -0.39 is 0 Å². The van der Waals surface area contributed by atoms with Crippen LogP contribution >= 0.6 is 0 Å². The van der Waals surface area contributed by atoms with Crippen LogP contribution in [-0.4, -0.2) is 75.6 Å². The molecule has 1 aliphatic rings. The number of piperidine rings is 1. The van der Waals surface area contributed by atoms with Crippen LogP contribution in [0.5, 0.6) is 0 Å². The molecule has 8 nitrogen and oxygen atoms in total. The smallest absolute Gasteiger partial charge is 0.253 e. The predicted octanol–water partition coefficient (Wildman–Crippen LogP) is 1.32. The van der Waals surface area contributed by atoms with Gasteiger partial charge in [0.15, 0.2) is 0 Å². The summed E-state index contributed by atoms with van der Waals surface area (Å²) < 4.78 is 1.68. The van der Waals surface area contributed by atoms with Crippen molar-refractivity contribution in [1.82, 2.24) is 29.9 Å². The summed E-state index contributed by atoms with van der Waals surface area (Å²) >= 11 is 0. The van der Waals surface area contributed by atoms with Crippen molar-refractivity contribution in [1.29, 1.82) is 0 Å². The molecule has 1 N–H and O–H groups in total. The Hall–Kier alpha value is -3.44. The summed E-state index contributed by atoms with van der Waals surface area (Å²) in [5.41, 5.74) is 1.93. The zero-order valence-corrected chi connectivity index (χ0v) is 18.0. The van der Waals surface area contributed by atoms with E-state index in [1.165, 1.54) is 0 Å². The Bertz CT molecular complexity index is 982. The number of aromatic nitrogens is 3. The van der Waals surface area contributed by atoms with E-state index >= 15 is 0 Å². The first-order chi connectivity index (χ1) is 15.0. The quantitative estimate of drug-likeness (QED) is 0.540. The number of likely N-dealkylation sites (N-methyl/N-ethyl adjacent to an activating group) is 1. The van der Waals surface area contributed by atoms with Crippen molar-refractivity contribution in [3.63, 3.8) is 0 Å².